The van der Waals surface area contributed by atoms with Crippen molar-refractivity contribution in [2.45, 2.75) is 12.3 Å². The average Bonchev–Trinajstić information content (AvgIpc) is 2.71. The van der Waals surface area contributed by atoms with Gasteiger partial charge in [-0.05, 0) is 23.6 Å². The van der Waals surface area contributed by atoms with Gasteiger partial charge in [0.05, 0.1) is 7.11 Å². The van der Waals surface area contributed by atoms with Gasteiger partial charge in [-0.2, -0.15) is 5.26 Å². The number of rotatable bonds is 5. The summed E-state index contributed by atoms with van der Waals surface area (Å²) in [5.41, 5.74) is 1.32. The summed E-state index contributed by atoms with van der Waals surface area (Å²) in [4.78, 5) is 23.8. The number of nitriles is 1. The van der Waals surface area contributed by atoms with Crippen molar-refractivity contribution >= 4 is 16.9 Å². The summed E-state index contributed by atoms with van der Waals surface area (Å²) in [6.07, 6.45) is 3.45. The molecule has 0 aliphatic rings. The maximum absolute atomic E-state index is 12.2. The van der Waals surface area contributed by atoms with Crippen LogP contribution in [0.4, 0.5) is 0 Å². The highest BCUT2D eigenvalue weighted by Gasteiger charge is 2.19. The molecule has 2 aromatic carbocycles. The van der Waals surface area contributed by atoms with Crippen molar-refractivity contribution in [2.24, 2.45) is 0 Å². The monoisotopic (exact) mass is 359 g/mol. The van der Waals surface area contributed by atoms with Gasteiger partial charge in [0.1, 0.15) is 17.2 Å². The van der Waals surface area contributed by atoms with Crippen molar-refractivity contribution < 1.29 is 13.9 Å². The number of carbonyl (C=O) groups excluding carboxylic acids is 1. The molecule has 3 aromatic rings. The van der Waals surface area contributed by atoms with Crippen LogP contribution in [-0.2, 0) is 16.0 Å². The lowest BCUT2D eigenvalue weighted by Crippen LogP contribution is -2.12. The van der Waals surface area contributed by atoms with E-state index in [1.165, 1.54) is 13.2 Å². The Kier molecular flexibility index (Phi) is 5.48. The molecule has 1 atom stereocenters. The molecule has 0 radical (unpaired) electrons. The van der Waals surface area contributed by atoms with E-state index in [1.807, 2.05) is 48.5 Å². The molecule has 5 heteroatoms. The molecule has 0 unspecified atom stereocenters. The Bertz CT molecular complexity index is 1090. The molecule has 1 heterocycles. The van der Waals surface area contributed by atoms with Crippen LogP contribution >= 0.6 is 0 Å². The van der Waals surface area contributed by atoms with Crippen LogP contribution in [-0.4, -0.2) is 13.1 Å². The van der Waals surface area contributed by atoms with E-state index in [-0.39, 0.29) is 11.5 Å². The van der Waals surface area contributed by atoms with E-state index in [0.29, 0.717) is 23.0 Å². The first-order valence-corrected chi connectivity index (χ1v) is 8.40. The number of nitrogens with zero attached hydrogens (tertiary/aromatic N) is 1. The highest BCUT2D eigenvalue weighted by molar-refractivity contribution is 5.83. The number of esters is 1. The number of hydrogen-bond acceptors (Lipinski definition) is 5. The molecule has 0 saturated heterocycles. The Balaban J connectivity index is 2.14. The Morgan fingerprint density at radius 1 is 1.19 bits per heavy atom. The molecule has 0 saturated carbocycles. The van der Waals surface area contributed by atoms with Crippen LogP contribution in [0.3, 0.4) is 0 Å². The number of para-hydroxylation sites is 1. The fourth-order valence-electron chi connectivity index (χ4n) is 3.02. The van der Waals surface area contributed by atoms with Gasteiger partial charge in [0, 0.05) is 17.4 Å². The van der Waals surface area contributed by atoms with Crippen LogP contribution in [0.25, 0.3) is 11.0 Å². The first kappa shape index (κ1) is 18.2. The topological polar surface area (TPSA) is 80.3 Å². The van der Waals surface area contributed by atoms with Crippen molar-refractivity contribution in [3.8, 4) is 6.07 Å². The zero-order valence-corrected chi connectivity index (χ0v) is 14.7. The van der Waals surface area contributed by atoms with E-state index in [2.05, 4.69) is 4.74 Å². The van der Waals surface area contributed by atoms with Crippen LogP contribution in [0.15, 0.2) is 76.0 Å². The van der Waals surface area contributed by atoms with E-state index in [9.17, 15) is 14.9 Å². The highest BCUT2D eigenvalue weighted by atomic mass is 16.5. The average molecular weight is 359 g/mol. The van der Waals surface area contributed by atoms with Gasteiger partial charge in [0.2, 0.25) is 0 Å². The minimum atomic E-state index is -0.657. The number of hydrogen-bond donors (Lipinski definition) is 0. The number of methoxy groups -OCH3 is 1. The third kappa shape index (κ3) is 3.96. The Labute approximate surface area is 156 Å². The minimum Gasteiger partial charge on any atom is -0.466 e. The normalized spacial score (nSPS) is 12.0. The lowest BCUT2D eigenvalue weighted by Gasteiger charge is -2.15. The molecule has 0 bridgehead atoms. The van der Waals surface area contributed by atoms with Crippen molar-refractivity contribution in [1.82, 2.24) is 0 Å². The standard InChI is InChI=1S/C22H17NO4/c1-26-21(24)12-11-16(15-7-3-2-4-8-15)13-18-17-9-5-6-10-20(17)27-22(25)19(18)14-23/h2-12,16H,13H2,1H3/b12-11+/t16-/m1/s1. The molecule has 5 nitrogen and oxygen atoms in total. The van der Waals surface area contributed by atoms with Crippen LogP contribution in [0.5, 0.6) is 0 Å². The third-order valence-electron chi connectivity index (χ3n) is 4.35. The van der Waals surface area contributed by atoms with E-state index >= 15 is 0 Å². The van der Waals surface area contributed by atoms with Crippen molar-refractivity contribution in [1.29, 1.82) is 5.26 Å². The molecule has 0 amide bonds. The number of carbonyl (C=O) groups is 1. The van der Waals surface area contributed by atoms with Gasteiger partial charge in [-0.1, -0.05) is 54.6 Å². The van der Waals surface area contributed by atoms with Gasteiger partial charge in [-0.25, -0.2) is 9.59 Å². The third-order valence-corrected chi connectivity index (χ3v) is 4.35. The predicted octanol–water partition coefficient (Wildman–Crippen LogP) is 3.72. The van der Waals surface area contributed by atoms with Crippen molar-refractivity contribution in [2.75, 3.05) is 7.11 Å². The highest BCUT2D eigenvalue weighted by Crippen LogP contribution is 2.28. The lowest BCUT2D eigenvalue weighted by atomic mass is 9.88. The van der Waals surface area contributed by atoms with Crippen LogP contribution in [0.1, 0.15) is 22.6 Å². The summed E-state index contributed by atoms with van der Waals surface area (Å²) in [6.45, 7) is 0. The minimum absolute atomic E-state index is 0.0129. The number of allylic oxidation sites excluding steroid dienone is 1. The lowest BCUT2D eigenvalue weighted by molar-refractivity contribution is -0.134. The maximum atomic E-state index is 12.2. The number of fused-ring (bicyclic) bond motifs is 1. The zero-order valence-electron chi connectivity index (χ0n) is 14.7. The van der Waals surface area contributed by atoms with Crippen molar-refractivity contribution in [3.63, 3.8) is 0 Å². The Hall–Kier alpha value is -3.65. The van der Waals surface area contributed by atoms with Gasteiger partial charge in [-0.15, -0.1) is 0 Å². The smallest absolute Gasteiger partial charge is 0.354 e. The SMILES string of the molecule is COC(=O)/C=C/[C@H](Cc1c(C#N)c(=O)oc2ccccc12)c1ccccc1. The van der Waals surface area contributed by atoms with Crippen LogP contribution in [0, 0.1) is 11.3 Å². The largest absolute Gasteiger partial charge is 0.466 e. The van der Waals surface area contributed by atoms with Crippen LogP contribution < -0.4 is 5.63 Å². The molecule has 27 heavy (non-hydrogen) atoms. The van der Waals surface area contributed by atoms with Crippen molar-refractivity contribution in [3.05, 3.63) is 93.9 Å². The molecule has 0 aliphatic carbocycles. The molecule has 0 spiro atoms. The molecule has 0 N–H and O–H groups in total. The first-order chi connectivity index (χ1) is 13.1. The molecule has 1 aromatic heterocycles. The maximum Gasteiger partial charge on any atom is 0.354 e. The summed E-state index contributed by atoms with van der Waals surface area (Å²) in [7, 11) is 1.31. The van der Waals surface area contributed by atoms with E-state index < -0.39 is 11.6 Å². The first-order valence-electron chi connectivity index (χ1n) is 8.40. The van der Waals surface area contributed by atoms with Gasteiger partial charge >= 0.3 is 11.6 Å². The molecule has 134 valence electrons. The molecule has 0 aliphatic heterocycles. The summed E-state index contributed by atoms with van der Waals surface area (Å²) in [5.74, 6) is -0.684. The zero-order chi connectivity index (χ0) is 19.2. The van der Waals surface area contributed by atoms with E-state index in [4.69, 9.17) is 4.42 Å². The summed E-state index contributed by atoms with van der Waals surface area (Å²) in [6, 6.07) is 18.7. The fourth-order valence-corrected chi connectivity index (χ4v) is 3.02. The van der Waals surface area contributed by atoms with E-state index in [0.717, 1.165) is 5.56 Å². The van der Waals surface area contributed by atoms with Gasteiger partial charge in [0.25, 0.3) is 0 Å². The second kappa shape index (κ2) is 8.15. The molecular formula is C22H17NO4. The van der Waals surface area contributed by atoms with Gasteiger partial charge < -0.3 is 9.15 Å². The number of ether oxygens (including phenoxy) is 1. The fraction of sp³-hybridized carbons (Fsp3) is 0.136. The molecule has 0 fully saturated rings. The van der Waals surface area contributed by atoms with Gasteiger partial charge in [-0.3, -0.25) is 0 Å². The quantitative estimate of drug-likeness (QED) is 0.394. The summed E-state index contributed by atoms with van der Waals surface area (Å²) < 4.78 is 9.93. The summed E-state index contributed by atoms with van der Waals surface area (Å²) >= 11 is 0. The Morgan fingerprint density at radius 2 is 1.89 bits per heavy atom. The number of benzene rings is 2. The Morgan fingerprint density at radius 3 is 2.59 bits per heavy atom. The van der Waals surface area contributed by atoms with E-state index in [1.54, 1.807) is 18.2 Å². The molecular weight excluding hydrogens is 342 g/mol. The second-order valence-electron chi connectivity index (χ2n) is 5.95. The van der Waals surface area contributed by atoms with Gasteiger partial charge in [0.15, 0.2) is 0 Å². The predicted molar refractivity (Wildman–Crippen MR) is 101 cm³/mol. The second-order valence-corrected chi connectivity index (χ2v) is 5.95. The van der Waals surface area contributed by atoms with Crippen LogP contribution in [0.2, 0.25) is 0 Å². The summed E-state index contributed by atoms with van der Waals surface area (Å²) in [5, 5.41) is 10.2. The molecule has 3 rings (SSSR count).